The topological polar surface area (TPSA) is 52.9 Å². The van der Waals surface area contributed by atoms with E-state index >= 15 is 0 Å². The van der Waals surface area contributed by atoms with Gasteiger partial charge in [0, 0.05) is 12.5 Å². The highest BCUT2D eigenvalue weighted by molar-refractivity contribution is 5.85. The summed E-state index contributed by atoms with van der Waals surface area (Å²) in [5, 5.41) is 12.3. The predicted molar refractivity (Wildman–Crippen MR) is 72.4 cm³/mol. The van der Waals surface area contributed by atoms with Crippen molar-refractivity contribution in [3.63, 3.8) is 0 Å². The van der Waals surface area contributed by atoms with Crippen molar-refractivity contribution >= 4 is 5.91 Å². The number of carbonyl (C=O) groups is 1. The molecule has 1 aromatic carbocycles. The van der Waals surface area contributed by atoms with Crippen LogP contribution in [0.25, 0.3) is 0 Å². The number of hydrogen-bond acceptors (Lipinski definition) is 2. The van der Waals surface area contributed by atoms with Crippen molar-refractivity contribution in [2.75, 3.05) is 6.54 Å². The van der Waals surface area contributed by atoms with Gasteiger partial charge < -0.3 is 5.32 Å². The molecule has 0 spiro atoms. The Morgan fingerprint density at radius 1 is 1.37 bits per heavy atom. The molecule has 3 nitrogen and oxygen atoms in total. The molecule has 1 amide bonds. The average molecular weight is 254 g/mol. The first-order valence-corrected chi connectivity index (χ1v) is 7.02. The summed E-state index contributed by atoms with van der Waals surface area (Å²) in [7, 11) is 0. The van der Waals surface area contributed by atoms with E-state index in [2.05, 4.69) is 29.6 Å². The van der Waals surface area contributed by atoms with Crippen LogP contribution in [-0.2, 0) is 11.2 Å². The lowest BCUT2D eigenvalue weighted by Crippen LogP contribution is -2.41. The number of hydrogen-bond donors (Lipinski definition) is 1. The van der Waals surface area contributed by atoms with Gasteiger partial charge in [-0.1, -0.05) is 37.1 Å². The number of carbonyl (C=O) groups excluding carboxylic acids is 1. The van der Waals surface area contributed by atoms with E-state index in [-0.39, 0.29) is 5.91 Å². The summed E-state index contributed by atoms with van der Waals surface area (Å²) in [5.41, 5.74) is 1.99. The van der Waals surface area contributed by atoms with E-state index in [1.165, 1.54) is 11.1 Å². The first-order valence-electron chi connectivity index (χ1n) is 7.02. The Morgan fingerprint density at radius 2 is 2.11 bits per heavy atom. The molecule has 2 aliphatic carbocycles. The SMILES string of the molecule is N#CC1(C(=O)NCC2Cc3ccccc32)CCCC1. The molecular weight excluding hydrogens is 236 g/mol. The lowest BCUT2D eigenvalue weighted by Gasteiger charge is -2.31. The molecule has 1 N–H and O–H groups in total. The van der Waals surface area contributed by atoms with E-state index in [0.717, 1.165) is 32.1 Å². The molecule has 3 heteroatoms. The van der Waals surface area contributed by atoms with Gasteiger partial charge in [-0.3, -0.25) is 4.79 Å². The minimum absolute atomic E-state index is 0.0584. The van der Waals surface area contributed by atoms with E-state index < -0.39 is 5.41 Å². The average Bonchev–Trinajstić information content (AvgIpc) is 2.89. The van der Waals surface area contributed by atoms with Gasteiger partial charge in [-0.15, -0.1) is 0 Å². The molecule has 3 rings (SSSR count). The quantitative estimate of drug-likeness (QED) is 0.901. The van der Waals surface area contributed by atoms with Crippen molar-refractivity contribution in [1.82, 2.24) is 5.32 Å². The van der Waals surface area contributed by atoms with Crippen LogP contribution in [0.2, 0.25) is 0 Å². The van der Waals surface area contributed by atoms with Crippen molar-refractivity contribution in [1.29, 1.82) is 5.26 Å². The fraction of sp³-hybridized carbons (Fsp3) is 0.500. The van der Waals surface area contributed by atoms with E-state index in [4.69, 9.17) is 0 Å². The van der Waals surface area contributed by atoms with Crippen molar-refractivity contribution in [2.24, 2.45) is 5.41 Å². The van der Waals surface area contributed by atoms with Gasteiger partial charge in [-0.2, -0.15) is 5.26 Å². The zero-order valence-corrected chi connectivity index (χ0v) is 11.0. The molecule has 0 aromatic heterocycles. The third-order valence-corrected chi connectivity index (χ3v) is 4.58. The number of amides is 1. The maximum Gasteiger partial charge on any atom is 0.240 e. The van der Waals surface area contributed by atoms with Crippen molar-refractivity contribution in [3.05, 3.63) is 35.4 Å². The first kappa shape index (κ1) is 12.2. The van der Waals surface area contributed by atoms with Gasteiger partial charge in [0.05, 0.1) is 6.07 Å². The molecule has 1 atom stereocenters. The number of fused-ring (bicyclic) bond motifs is 1. The fourth-order valence-electron chi connectivity index (χ4n) is 3.30. The molecule has 98 valence electrons. The van der Waals surface area contributed by atoms with Crippen LogP contribution in [0, 0.1) is 16.7 Å². The van der Waals surface area contributed by atoms with Crippen LogP contribution < -0.4 is 5.32 Å². The maximum atomic E-state index is 12.2. The Hall–Kier alpha value is -1.82. The smallest absolute Gasteiger partial charge is 0.240 e. The summed E-state index contributed by atoms with van der Waals surface area (Å²) in [6, 6.07) is 10.6. The second kappa shape index (κ2) is 4.70. The molecule has 2 aliphatic rings. The number of benzene rings is 1. The van der Waals surface area contributed by atoms with Gasteiger partial charge in [0.1, 0.15) is 5.41 Å². The third-order valence-electron chi connectivity index (χ3n) is 4.58. The normalized spacial score (nSPS) is 23.0. The molecule has 0 radical (unpaired) electrons. The van der Waals surface area contributed by atoms with Gasteiger partial charge in [0.25, 0.3) is 0 Å². The largest absolute Gasteiger partial charge is 0.354 e. The summed E-state index contributed by atoms with van der Waals surface area (Å²) >= 11 is 0. The van der Waals surface area contributed by atoms with Crippen LogP contribution >= 0.6 is 0 Å². The predicted octanol–water partition coefficient (Wildman–Crippen LogP) is 2.53. The fourth-order valence-corrected chi connectivity index (χ4v) is 3.30. The summed E-state index contributed by atoms with van der Waals surface area (Å²) < 4.78 is 0. The maximum absolute atomic E-state index is 12.2. The summed E-state index contributed by atoms with van der Waals surface area (Å²) in [4.78, 5) is 12.2. The highest BCUT2D eigenvalue weighted by Gasteiger charge is 2.41. The summed E-state index contributed by atoms with van der Waals surface area (Å²) in [6.07, 6.45) is 4.46. The van der Waals surface area contributed by atoms with Gasteiger partial charge in [-0.05, 0) is 30.4 Å². The number of nitrogens with one attached hydrogen (secondary N) is 1. The summed E-state index contributed by atoms with van der Waals surface area (Å²) in [6.45, 7) is 0.666. The lowest BCUT2D eigenvalue weighted by atomic mass is 9.77. The highest BCUT2D eigenvalue weighted by atomic mass is 16.2. The molecule has 0 heterocycles. The molecule has 0 saturated heterocycles. The van der Waals surface area contributed by atoms with Crippen molar-refractivity contribution in [2.45, 2.75) is 38.0 Å². The molecule has 1 unspecified atom stereocenters. The molecule has 1 saturated carbocycles. The summed E-state index contributed by atoms with van der Waals surface area (Å²) in [5.74, 6) is 0.370. The van der Waals surface area contributed by atoms with Crippen LogP contribution in [-0.4, -0.2) is 12.5 Å². The minimum atomic E-state index is -0.747. The Balaban J connectivity index is 1.60. The number of nitrogens with zero attached hydrogens (tertiary/aromatic N) is 1. The minimum Gasteiger partial charge on any atom is -0.354 e. The number of nitriles is 1. The van der Waals surface area contributed by atoms with Gasteiger partial charge in [0.2, 0.25) is 5.91 Å². The Bertz CT molecular complexity index is 538. The molecule has 1 fully saturated rings. The molecule has 0 aliphatic heterocycles. The van der Waals surface area contributed by atoms with E-state index in [1.807, 2.05) is 6.07 Å². The first-order chi connectivity index (χ1) is 9.25. The third kappa shape index (κ3) is 2.02. The van der Waals surface area contributed by atoms with Crippen LogP contribution in [0.5, 0.6) is 0 Å². The Kier molecular flexibility index (Phi) is 3.02. The lowest BCUT2D eigenvalue weighted by molar-refractivity contribution is -0.128. The zero-order valence-electron chi connectivity index (χ0n) is 11.0. The highest BCUT2D eigenvalue weighted by Crippen LogP contribution is 2.38. The van der Waals surface area contributed by atoms with Crippen LogP contribution in [0.3, 0.4) is 0 Å². The van der Waals surface area contributed by atoms with Gasteiger partial charge in [-0.25, -0.2) is 0 Å². The van der Waals surface area contributed by atoms with Crippen LogP contribution in [0.1, 0.15) is 42.7 Å². The molecule has 0 bridgehead atoms. The van der Waals surface area contributed by atoms with Crippen molar-refractivity contribution in [3.8, 4) is 6.07 Å². The Morgan fingerprint density at radius 3 is 2.79 bits per heavy atom. The second-order valence-electron chi connectivity index (χ2n) is 5.71. The van der Waals surface area contributed by atoms with E-state index in [0.29, 0.717) is 12.5 Å². The zero-order chi connectivity index (χ0) is 13.3. The molecule has 19 heavy (non-hydrogen) atoms. The number of rotatable bonds is 3. The van der Waals surface area contributed by atoms with E-state index in [1.54, 1.807) is 0 Å². The Labute approximate surface area is 113 Å². The van der Waals surface area contributed by atoms with Crippen LogP contribution in [0.15, 0.2) is 24.3 Å². The van der Waals surface area contributed by atoms with Gasteiger partial charge in [0.15, 0.2) is 0 Å². The standard InChI is InChI=1S/C16H18N2O/c17-11-16(7-3-4-8-16)15(19)18-10-13-9-12-5-1-2-6-14(12)13/h1-2,5-6,13H,3-4,7-10H2,(H,18,19). The van der Waals surface area contributed by atoms with Gasteiger partial charge >= 0.3 is 0 Å². The monoisotopic (exact) mass is 254 g/mol. The van der Waals surface area contributed by atoms with Crippen molar-refractivity contribution < 1.29 is 4.79 Å². The molecule has 1 aromatic rings. The van der Waals surface area contributed by atoms with Crippen LogP contribution in [0.4, 0.5) is 0 Å². The molecular formula is C16H18N2O. The second-order valence-corrected chi connectivity index (χ2v) is 5.71. The van der Waals surface area contributed by atoms with E-state index in [9.17, 15) is 10.1 Å².